The second kappa shape index (κ2) is 4.21. The number of nitrogens with two attached hydrogens (primary N) is 1. The first-order chi connectivity index (χ1) is 5.77. The van der Waals surface area contributed by atoms with Crippen molar-refractivity contribution in [3.8, 4) is 0 Å². The van der Waals surface area contributed by atoms with Crippen LogP contribution < -0.4 is 5.73 Å². The summed E-state index contributed by atoms with van der Waals surface area (Å²) in [7, 11) is 0. The SMILES string of the molecule is CCC(C)c1n[nH]c(CCN)n1. The Labute approximate surface area is 72.6 Å². The zero-order valence-corrected chi connectivity index (χ0v) is 7.67. The molecule has 1 aromatic heterocycles. The van der Waals surface area contributed by atoms with Crippen LogP contribution in [0, 0.1) is 0 Å². The molecule has 0 saturated carbocycles. The van der Waals surface area contributed by atoms with Crippen LogP contribution in [0.4, 0.5) is 0 Å². The zero-order chi connectivity index (χ0) is 8.97. The van der Waals surface area contributed by atoms with Crippen molar-refractivity contribution in [3.05, 3.63) is 11.6 Å². The van der Waals surface area contributed by atoms with Crippen LogP contribution in [0.1, 0.15) is 37.8 Å². The van der Waals surface area contributed by atoms with Gasteiger partial charge in [-0.25, -0.2) is 4.98 Å². The molecule has 0 bridgehead atoms. The Kier molecular flexibility index (Phi) is 3.22. The fourth-order valence-electron chi connectivity index (χ4n) is 0.962. The Balaban J connectivity index is 2.63. The quantitative estimate of drug-likeness (QED) is 0.699. The van der Waals surface area contributed by atoms with Crippen molar-refractivity contribution >= 4 is 0 Å². The molecular formula is C8H16N4. The Morgan fingerprint density at radius 2 is 2.33 bits per heavy atom. The standard InChI is InChI=1S/C8H16N4/c1-3-6(2)8-10-7(4-5-9)11-12-8/h6H,3-5,9H2,1-2H3,(H,10,11,12). The lowest BCUT2D eigenvalue weighted by Gasteiger charge is -1.99. The molecule has 0 aliphatic heterocycles. The Bertz CT molecular complexity index is 231. The number of aromatic amines is 1. The molecule has 0 aliphatic carbocycles. The van der Waals surface area contributed by atoms with Crippen molar-refractivity contribution in [1.29, 1.82) is 0 Å². The van der Waals surface area contributed by atoms with Crippen LogP contribution in [0.25, 0.3) is 0 Å². The second-order valence-corrected chi connectivity index (χ2v) is 2.99. The van der Waals surface area contributed by atoms with Gasteiger partial charge >= 0.3 is 0 Å². The van der Waals surface area contributed by atoms with Crippen molar-refractivity contribution < 1.29 is 0 Å². The number of H-pyrrole nitrogens is 1. The molecule has 4 heteroatoms. The number of nitrogens with one attached hydrogen (secondary N) is 1. The van der Waals surface area contributed by atoms with Gasteiger partial charge in [0.25, 0.3) is 0 Å². The van der Waals surface area contributed by atoms with E-state index in [1.807, 2.05) is 0 Å². The van der Waals surface area contributed by atoms with Crippen LogP contribution in [0.2, 0.25) is 0 Å². The van der Waals surface area contributed by atoms with Gasteiger partial charge in [0.2, 0.25) is 0 Å². The third-order valence-corrected chi connectivity index (χ3v) is 1.98. The van der Waals surface area contributed by atoms with Gasteiger partial charge in [0.1, 0.15) is 5.82 Å². The maximum absolute atomic E-state index is 5.39. The summed E-state index contributed by atoms with van der Waals surface area (Å²) in [6.45, 7) is 4.87. The molecule has 1 heterocycles. The van der Waals surface area contributed by atoms with Gasteiger partial charge in [0, 0.05) is 12.3 Å². The molecule has 1 rings (SSSR count). The predicted octanol–water partition coefficient (Wildman–Crippen LogP) is 0.819. The van der Waals surface area contributed by atoms with Gasteiger partial charge < -0.3 is 5.73 Å². The fraction of sp³-hybridized carbons (Fsp3) is 0.750. The summed E-state index contributed by atoms with van der Waals surface area (Å²) < 4.78 is 0. The number of hydrogen-bond donors (Lipinski definition) is 2. The first-order valence-corrected chi connectivity index (χ1v) is 4.39. The lowest BCUT2D eigenvalue weighted by Crippen LogP contribution is -2.04. The van der Waals surface area contributed by atoms with Crippen LogP contribution in [0.5, 0.6) is 0 Å². The molecule has 0 radical (unpaired) electrons. The van der Waals surface area contributed by atoms with Crippen LogP contribution in [-0.4, -0.2) is 21.7 Å². The molecule has 1 aromatic rings. The number of aromatic nitrogens is 3. The molecule has 0 aromatic carbocycles. The summed E-state index contributed by atoms with van der Waals surface area (Å²) in [6.07, 6.45) is 1.85. The van der Waals surface area contributed by atoms with E-state index in [1.54, 1.807) is 0 Å². The average Bonchev–Trinajstić information content (AvgIpc) is 2.52. The van der Waals surface area contributed by atoms with E-state index in [2.05, 4.69) is 29.0 Å². The van der Waals surface area contributed by atoms with E-state index in [0.29, 0.717) is 12.5 Å². The Hall–Kier alpha value is -0.900. The third kappa shape index (κ3) is 2.04. The van der Waals surface area contributed by atoms with E-state index < -0.39 is 0 Å². The molecule has 0 aliphatic rings. The Morgan fingerprint density at radius 1 is 1.58 bits per heavy atom. The van der Waals surface area contributed by atoms with Crippen molar-refractivity contribution in [1.82, 2.24) is 15.2 Å². The lowest BCUT2D eigenvalue weighted by atomic mass is 10.1. The van der Waals surface area contributed by atoms with E-state index in [1.165, 1.54) is 0 Å². The van der Waals surface area contributed by atoms with Gasteiger partial charge in [-0.1, -0.05) is 13.8 Å². The summed E-state index contributed by atoms with van der Waals surface area (Å²) in [5, 5.41) is 6.99. The van der Waals surface area contributed by atoms with Crippen molar-refractivity contribution in [2.45, 2.75) is 32.6 Å². The normalized spacial score (nSPS) is 13.2. The maximum atomic E-state index is 5.39. The monoisotopic (exact) mass is 168 g/mol. The summed E-state index contributed by atoms with van der Waals surface area (Å²) in [5.74, 6) is 2.24. The van der Waals surface area contributed by atoms with E-state index in [0.717, 1.165) is 24.5 Å². The van der Waals surface area contributed by atoms with Gasteiger partial charge in [0.05, 0.1) is 0 Å². The third-order valence-electron chi connectivity index (χ3n) is 1.98. The van der Waals surface area contributed by atoms with Crippen molar-refractivity contribution in [2.24, 2.45) is 5.73 Å². The molecule has 1 atom stereocenters. The van der Waals surface area contributed by atoms with Gasteiger partial charge in [-0.2, -0.15) is 5.10 Å². The van der Waals surface area contributed by atoms with Crippen LogP contribution in [0.15, 0.2) is 0 Å². The van der Waals surface area contributed by atoms with E-state index in [-0.39, 0.29) is 0 Å². The molecule has 0 spiro atoms. The van der Waals surface area contributed by atoms with E-state index in [4.69, 9.17) is 5.73 Å². The molecule has 4 nitrogen and oxygen atoms in total. The van der Waals surface area contributed by atoms with Crippen molar-refractivity contribution in [3.63, 3.8) is 0 Å². The maximum Gasteiger partial charge on any atom is 0.153 e. The molecule has 3 N–H and O–H groups in total. The highest BCUT2D eigenvalue weighted by Crippen LogP contribution is 2.13. The highest BCUT2D eigenvalue weighted by molar-refractivity contribution is 4.96. The fourth-order valence-corrected chi connectivity index (χ4v) is 0.962. The van der Waals surface area contributed by atoms with E-state index >= 15 is 0 Å². The highest BCUT2D eigenvalue weighted by atomic mass is 15.2. The molecular weight excluding hydrogens is 152 g/mol. The highest BCUT2D eigenvalue weighted by Gasteiger charge is 2.08. The largest absolute Gasteiger partial charge is 0.330 e. The van der Waals surface area contributed by atoms with Crippen LogP contribution in [-0.2, 0) is 6.42 Å². The minimum atomic E-state index is 0.438. The molecule has 0 saturated heterocycles. The lowest BCUT2D eigenvalue weighted by molar-refractivity contribution is 0.682. The van der Waals surface area contributed by atoms with E-state index in [9.17, 15) is 0 Å². The molecule has 12 heavy (non-hydrogen) atoms. The van der Waals surface area contributed by atoms with Gasteiger partial charge in [-0.05, 0) is 13.0 Å². The summed E-state index contributed by atoms with van der Waals surface area (Å²) in [4.78, 5) is 4.32. The first kappa shape index (κ1) is 9.19. The van der Waals surface area contributed by atoms with Crippen LogP contribution in [0.3, 0.4) is 0 Å². The van der Waals surface area contributed by atoms with Gasteiger partial charge in [-0.3, -0.25) is 5.10 Å². The molecule has 68 valence electrons. The summed E-state index contributed by atoms with van der Waals surface area (Å²) in [5.41, 5.74) is 5.39. The number of nitrogens with zero attached hydrogens (tertiary/aromatic N) is 2. The predicted molar refractivity (Wildman–Crippen MR) is 47.8 cm³/mol. The van der Waals surface area contributed by atoms with Crippen LogP contribution >= 0.6 is 0 Å². The number of rotatable bonds is 4. The minimum Gasteiger partial charge on any atom is -0.330 e. The van der Waals surface area contributed by atoms with Gasteiger partial charge in [-0.15, -0.1) is 0 Å². The van der Waals surface area contributed by atoms with Gasteiger partial charge in [0.15, 0.2) is 5.82 Å². The summed E-state index contributed by atoms with van der Waals surface area (Å²) in [6, 6.07) is 0. The summed E-state index contributed by atoms with van der Waals surface area (Å²) >= 11 is 0. The second-order valence-electron chi connectivity index (χ2n) is 2.99. The minimum absolute atomic E-state index is 0.438. The number of hydrogen-bond acceptors (Lipinski definition) is 3. The smallest absolute Gasteiger partial charge is 0.153 e. The first-order valence-electron chi connectivity index (χ1n) is 4.39. The Morgan fingerprint density at radius 3 is 2.92 bits per heavy atom. The molecule has 1 unspecified atom stereocenters. The molecule has 0 amide bonds. The van der Waals surface area contributed by atoms with Crippen molar-refractivity contribution in [2.75, 3.05) is 6.54 Å². The topological polar surface area (TPSA) is 67.6 Å². The molecule has 0 fully saturated rings. The average molecular weight is 168 g/mol. The zero-order valence-electron chi connectivity index (χ0n) is 7.67.